The number of nitrogens with zero attached hydrogens (tertiary/aromatic N) is 1. The first-order valence-corrected chi connectivity index (χ1v) is 9.68. The lowest BCUT2D eigenvalue weighted by Gasteiger charge is -2.30. The van der Waals surface area contributed by atoms with Crippen molar-refractivity contribution in [2.45, 2.75) is 70.3 Å². The lowest BCUT2D eigenvalue weighted by Crippen LogP contribution is -2.58. The number of rotatable bonds is 10. The van der Waals surface area contributed by atoms with Gasteiger partial charge in [-0.1, -0.05) is 13.8 Å². The molecule has 11 heteroatoms. The Balaban J connectivity index is 2.95. The molecule has 0 aliphatic carbocycles. The summed E-state index contributed by atoms with van der Waals surface area (Å²) < 4.78 is 0. The van der Waals surface area contributed by atoms with E-state index in [0.717, 1.165) is 0 Å². The number of carbonyl (C=O) groups is 4. The van der Waals surface area contributed by atoms with Crippen molar-refractivity contribution in [3.8, 4) is 0 Å². The SMILES string of the molecule is CC(C)CC(NC(=O)C(N)CO)C(=O)N1CCCC1C(=O)NC(C(=O)O)C(C)O. The van der Waals surface area contributed by atoms with Crippen LogP contribution in [0.15, 0.2) is 0 Å². The number of carbonyl (C=O) groups excluding carboxylic acids is 3. The summed E-state index contributed by atoms with van der Waals surface area (Å²) in [6.07, 6.45) is -0.134. The highest BCUT2D eigenvalue weighted by Crippen LogP contribution is 2.21. The smallest absolute Gasteiger partial charge is 0.328 e. The van der Waals surface area contributed by atoms with Crippen molar-refractivity contribution in [1.82, 2.24) is 15.5 Å². The third kappa shape index (κ3) is 6.94. The van der Waals surface area contributed by atoms with E-state index >= 15 is 0 Å². The first kappa shape index (κ1) is 24.8. The normalized spacial score (nSPS) is 20.7. The molecule has 0 spiro atoms. The fourth-order valence-corrected chi connectivity index (χ4v) is 3.20. The maximum Gasteiger partial charge on any atom is 0.328 e. The van der Waals surface area contributed by atoms with Gasteiger partial charge in [-0.15, -0.1) is 0 Å². The van der Waals surface area contributed by atoms with Crippen molar-refractivity contribution in [2.75, 3.05) is 13.2 Å². The third-order valence-corrected chi connectivity index (χ3v) is 4.74. The quantitative estimate of drug-likeness (QED) is 0.231. The van der Waals surface area contributed by atoms with Crippen molar-refractivity contribution < 1.29 is 34.5 Å². The summed E-state index contributed by atoms with van der Waals surface area (Å²) in [6, 6.07) is -4.49. The summed E-state index contributed by atoms with van der Waals surface area (Å²) in [5, 5.41) is 32.5. The lowest BCUT2D eigenvalue weighted by atomic mass is 10.0. The first-order valence-electron chi connectivity index (χ1n) is 9.68. The summed E-state index contributed by atoms with van der Waals surface area (Å²) in [5.41, 5.74) is 5.51. The van der Waals surface area contributed by atoms with Crippen molar-refractivity contribution in [1.29, 1.82) is 0 Å². The van der Waals surface area contributed by atoms with E-state index in [-0.39, 0.29) is 12.5 Å². The van der Waals surface area contributed by atoms with Gasteiger partial charge in [-0.3, -0.25) is 14.4 Å². The third-order valence-electron chi connectivity index (χ3n) is 4.74. The largest absolute Gasteiger partial charge is 0.480 e. The summed E-state index contributed by atoms with van der Waals surface area (Å²) >= 11 is 0. The molecule has 5 unspecified atom stereocenters. The van der Waals surface area contributed by atoms with Gasteiger partial charge in [0.05, 0.1) is 12.7 Å². The van der Waals surface area contributed by atoms with Crippen LogP contribution in [-0.4, -0.2) is 87.3 Å². The monoisotopic (exact) mass is 416 g/mol. The van der Waals surface area contributed by atoms with Crippen molar-refractivity contribution in [3.05, 3.63) is 0 Å². The van der Waals surface area contributed by atoms with Gasteiger partial charge in [-0.2, -0.15) is 0 Å². The van der Waals surface area contributed by atoms with Crippen LogP contribution in [0.1, 0.15) is 40.0 Å². The van der Waals surface area contributed by atoms with Crippen LogP contribution < -0.4 is 16.4 Å². The molecule has 0 saturated carbocycles. The number of hydrogen-bond donors (Lipinski definition) is 6. The van der Waals surface area contributed by atoms with E-state index in [1.807, 2.05) is 13.8 Å². The van der Waals surface area contributed by atoms with E-state index in [4.69, 9.17) is 15.9 Å². The number of carboxylic acid groups (broad SMARTS) is 1. The van der Waals surface area contributed by atoms with E-state index in [9.17, 15) is 24.3 Å². The van der Waals surface area contributed by atoms with Crippen LogP contribution in [0.5, 0.6) is 0 Å². The molecule has 3 amide bonds. The second-order valence-corrected chi connectivity index (χ2v) is 7.73. The standard InChI is InChI=1S/C18H32N4O7/c1-9(2)7-12(20-15(25)11(19)8-23)17(27)22-6-4-5-13(22)16(26)21-14(10(3)24)18(28)29/h9-14,23-24H,4-8,19H2,1-3H3,(H,20,25)(H,21,26)(H,28,29). The fraction of sp³-hybridized carbons (Fsp3) is 0.778. The van der Waals surface area contributed by atoms with Gasteiger partial charge in [0.1, 0.15) is 18.1 Å². The minimum Gasteiger partial charge on any atom is -0.480 e. The average molecular weight is 416 g/mol. The molecule has 5 atom stereocenters. The van der Waals surface area contributed by atoms with E-state index < -0.39 is 60.6 Å². The van der Waals surface area contributed by atoms with Crippen LogP contribution >= 0.6 is 0 Å². The molecule has 1 aliphatic rings. The lowest BCUT2D eigenvalue weighted by molar-refractivity contribution is -0.147. The van der Waals surface area contributed by atoms with Gasteiger partial charge < -0.3 is 36.6 Å². The van der Waals surface area contributed by atoms with Gasteiger partial charge in [0.15, 0.2) is 6.04 Å². The predicted octanol–water partition coefficient (Wildman–Crippen LogP) is -2.22. The van der Waals surface area contributed by atoms with Crippen LogP contribution in [0.3, 0.4) is 0 Å². The molecule has 1 rings (SSSR count). The number of carboxylic acids is 1. The maximum atomic E-state index is 13.1. The maximum absolute atomic E-state index is 13.1. The molecule has 0 bridgehead atoms. The number of hydrogen-bond acceptors (Lipinski definition) is 7. The zero-order chi connectivity index (χ0) is 22.3. The highest BCUT2D eigenvalue weighted by atomic mass is 16.4. The van der Waals surface area contributed by atoms with Gasteiger partial charge in [0, 0.05) is 6.54 Å². The van der Waals surface area contributed by atoms with Gasteiger partial charge in [-0.25, -0.2) is 4.79 Å². The minimum atomic E-state index is -1.49. The zero-order valence-corrected chi connectivity index (χ0v) is 17.0. The molecule has 7 N–H and O–H groups in total. The first-order chi connectivity index (χ1) is 13.5. The summed E-state index contributed by atoms with van der Waals surface area (Å²) in [5.74, 6) is -3.15. The number of aliphatic hydroxyl groups is 2. The van der Waals surface area contributed by atoms with Gasteiger partial charge in [-0.05, 0) is 32.1 Å². The van der Waals surface area contributed by atoms with Crippen LogP contribution in [-0.2, 0) is 19.2 Å². The molecule has 1 saturated heterocycles. The number of amides is 3. The molecular formula is C18H32N4O7. The van der Waals surface area contributed by atoms with Crippen LogP contribution in [0.4, 0.5) is 0 Å². The Morgan fingerprint density at radius 2 is 1.79 bits per heavy atom. The van der Waals surface area contributed by atoms with Crippen molar-refractivity contribution >= 4 is 23.7 Å². The topological polar surface area (TPSA) is 182 Å². The predicted molar refractivity (Wildman–Crippen MR) is 102 cm³/mol. The van der Waals surface area contributed by atoms with E-state index in [2.05, 4.69) is 10.6 Å². The number of nitrogens with two attached hydrogens (primary N) is 1. The molecular weight excluding hydrogens is 384 g/mol. The Bertz CT molecular complexity index is 611. The van der Waals surface area contributed by atoms with E-state index in [0.29, 0.717) is 19.3 Å². The Labute approximate surface area is 169 Å². The Morgan fingerprint density at radius 3 is 2.28 bits per heavy atom. The average Bonchev–Trinajstić information content (AvgIpc) is 3.12. The number of aliphatic carboxylic acids is 1. The molecule has 1 heterocycles. The second-order valence-electron chi connectivity index (χ2n) is 7.73. The van der Waals surface area contributed by atoms with Gasteiger partial charge >= 0.3 is 5.97 Å². The van der Waals surface area contributed by atoms with Crippen molar-refractivity contribution in [2.24, 2.45) is 11.7 Å². The highest BCUT2D eigenvalue weighted by molar-refractivity contribution is 5.94. The Kier molecular flexibility index (Phi) is 9.47. The molecule has 0 radical (unpaired) electrons. The van der Waals surface area contributed by atoms with Crippen LogP contribution in [0, 0.1) is 5.92 Å². The molecule has 1 fully saturated rings. The van der Waals surface area contributed by atoms with E-state index in [1.165, 1.54) is 11.8 Å². The Hall–Kier alpha value is -2.24. The van der Waals surface area contributed by atoms with Gasteiger partial charge in [0.25, 0.3) is 0 Å². The van der Waals surface area contributed by atoms with Crippen molar-refractivity contribution in [3.63, 3.8) is 0 Å². The molecule has 0 aromatic rings. The number of nitrogens with one attached hydrogen (secondary N) is 2. The second kappa shape index (κ2) is 11.1. The Morgan fingerprint density at radius 1 is 1.17 bits per heavy atom. The summed E-state index contributed by atoms with van der Waals surface area (Å²) in [4.78, 5) is 50.2. The summed E-state index contributed by atoms with van der Waals surface area (Å²) in [6.45, 7) is 4.69. The number of likely N-dealkylation sites (tertiary alicyclic amines) is 1. The molecule has 166 valence electrons. The molecule has 11 nitrogen and oxygen atoms in total. The number of aliphatic hydroxyl groups excluding tert-OH is 2. The molecule has 0 aromatic heterocycles. The van der Waals surface area contributed by atoms with Gasteiger partial charge in [0.2, 0.25) is 17.7 Å². The zero-order valence-electron chi connectivity index (χ0n) is 17.0. The van der Waals surface area contributed by atoms with E-state index in [1.54, 1.807) is 0 Å². The molecule has 0 aromatic carbocycles. The highest BCUT2D eigenvalue weighted by Gasteiger charge is 2.39. The summed E-state index contributed by atoms with van der Waals surface area (Å²) in [7, 11) is 0. The van der Waals surface area contributed by atoms with Crippen LogP contribution in [0.2, 0.25) is 0 Å². The van der Waals surface area contributed by atoms with Crippen LogP contribution in [0.25, 0.3) is 0 Å². The minimum absolute atomic E-state index is 0.0520. The fourth-order valence-electron chi connectivity index (χ4n) is 3.20. The molecule has 1 aliphatic heterocycles. The molecule has 29 heavy (non-hydrogen) atoms.